The number of hydrogen-bond acceptors (Lipinski definition) is 5. The van der Waals surface area contributed by atoms with E-state index in [0.717, 1.165) is 49.4 Å². The van der Waals surface area contributed by atoms with Crippen LogP contribution >= 0.6 is 0 Å². The van der Waals surface area contributed by atoms with Crippen molar-refractivity contribution in [3.05, 3.63) is 101 Å². The van der Waals surface area contributed by atoms with E-state index in [2.05, 4.69) is 27.2 Å². The number of halogens is 1. The highest BCUT2D eigenvalue weighted by Gasteiger charge is 2.21. The van der Waals surface area contributed by atoms with Gasteiger partial charge in [0.05, 0.1) is 13.2 Å². The summed E-state index contributed by atoms with van der Waals surface area (Å²) in [5, 5.41) is 4.79. The molecule has 2 aliphatic rings. The summed E-state index contributed by atoms with van der Waals surface area (Å²) in [6.45, 7) is 6.15. The van der Waals surface area contributed by atoms with Crippen LogP contribution in [-0.2, 0) is 17.8 Å². The van der Waals surface area contributed by atoms with E-state index in [1.54, 1.807) is 6.07 Å². The van der Waals surface area contributed by atoms with Gasteiger partial charge in [0, 0.05) is 60.4 Å². The summed E-state index contributed by atoms with van der Waals surface area (Å²) in [7, 11) is 0. The van der Waals surface area contributed by atoms with Gasteiger partial charge in [-0.15, -0.1) is 0 Å². The summed E-state index contributed by atoms with van der Waals surface area (Å²) in [4.78, 5) is 17.7. The standard InChI is InChI=1S/C31H30FN3O3/c32-25-17-24(18-26(19-25)35-20-22-5-1-2-6-23(22)21-35)31(36)33-29-9-10-30(28-8-4-3-7-27(28)29)38-16-13-34-11-14-37-15-12-34/h1-10,17-19H,11-16,20-21H2,(H,33,36). The first kappa shape index (κ1) is 24.4. The Kier molecular flexibility index (Phi) is 6.94. The van der Waals surface area contributed by atoms with E-state index in [1.807, 2.05) is 48.5 Å². The third kappa shape index (κ3) is 5.21. The first-order valence-electron chi connectivity index (χ1n) is 13.0. The highest BCUT2D eigenvalue weighted by molar-refractivity contribution is 6.10. The molecule has 2 heterocycles. The van der Waals surface area contributed by atoms with E-state index in [1.165, 1.54) is 23.3 Å². The topological polar surface area (TPSA) is 54.0 Å². The second-order valence-corrected chi connectivity index (χ2v) is 9.74. The van der Waals surface area contributed by atoms with E-state index < -0.39 is 5.82 Å². The normalized spacial score (nSPS) is 15.4. The lowest BCUT2D eigenvalue weighted by molar-refractivity contribution is 0.0323. The number of amides is 1. The molecule has 0 aromatic heterocycles. The zero-order valence-corrected chi connectivity index (χ0v) is 21.2. The highest BCUT2D eigenvalue weighted by atomic mass is 19.1. The van der Waals surface area contributed by atoms with Crippen LogP contribution in [0.4, 0.5) is 15.8 Å². The van der Waals surface area contributed by atoms with E-state index in [-0.39, 0.29) is 11.5 Å². The smallest absolute Gasteiger partial charge is 0.255 e. The maximum atomic E-state index is 14.6. The number of hydrogen-bond donors (Lipinski definition) is 1. The van der Waals surface area contributed by atoms with Gasteiger partial charge in [-0.25, -0.2) is 4.39 Å². The lowest BCUT2D eigenvalue weighted by Crippen LogP contribution is -2.38. The summed E-state index contributed by atoms with van der Waals surface area (Å²) < 4.78 is 26.2. The largest absolute Gasteiger partial charge is 0.492 e. The van der Waals surface area contributed by atoms with Crippen molar-refractivity contribution in [2.75, 3.05) is 49.7 Å². The Morgan fingerprint density at radius 3 is 2.37 bits per heavy atom. The van der Waals surface area contributed by atoms with Gasteiger partial charge >= 0.3 is 0 Å². The van der Waals surface area contributed by atoms with Crippen LogP contribution in [0, 0.1) is 5.82 Å². The zero-order valence-electron chi connectivity index (χ0n) is 21.2. The second-order valence-electron chi connectivity index (χ2n) is 9.74. The van der Waals surface area contributed by atoms with Crippen molar-refractivity contribution in [1.29, 1.82) is 0 Å². The molecule has 0 aliphatic carbocycles. The van der Waals surface area contributed by atoms with Crippen molar-refractivity contribution in [2.45, 2.75) is 13.1 Å². The van der Waals surface area contributed by atoms with Crippen LogP contribution in [0.2, 0.25) is 0 Å². The molecule has 194 valence electrons. The predicted octanol–water partition coefficient (Wildman–Crippen LogP) is 5.46. The average Bonchev–Trinajstić information content (AvgIpc) is 3.39. The van der Waals surface area contributed by atoms with E-state index in [0.29, 0.717) is 31.1 Å². The Morgan fingerprint density at radius 2 is 1.61 bits per heavy atom. The molecule has 1 N–H and O–H groups in total. The minimum atomic E-state index is -0.433. The first-order chi connectivity index (χ1) is 18.6. The zero-order chi connectivity index (χ0) is 25.9. The first-order valence-corrected chi connectivity index (χ1v) is 13.0. The van der Waals surface area contributed by atoms with Crippen LogP contribution in [0.3, 0.4) is 0 Å². The van der Waals surface area contributed by atoms with Gasteiger partial charge < -0.3 is 19.7 Å². The molecule has 4 aromatic rings. The SMILES string of the molecule is O=C(Nc1ccc(OCCN2CCOCC2)c2ccccc12)c1cc(F)cc(N2Cc3ccccc3C2)c1. The molecule has 0 spiro atoms. The molecule has 0 bridgehead atoms. The fourth-order valence-corrected chi connectivity index (χ4v) is 5.21. The van der Waals surface area contributed by atoms with Gasteiger partial charge in [-0.2, -0.15) is 0 Å². The van der Waals surface area contributed by atoms with E-state index in [9.17, 15) is 9.18 Å². The number of carbonyl (C=O) groups is 1. The summed E-state index contributed by atoms with van der Waals surface area (Å²) in [6, 6.07) is 24.3. The average molecular weight is 512 g/mol. The number of morpholine rings is 1. The molecule has 0 unspecified atom stereocenters. The van der Waals surface area contributed by atoms with Crippen molar-refractivity contribution >= 4 is 28.1 Å². The molecule has 0 saturated carbocycles. The summed E-state index contributed by atoms with van der Waals surface area (Å²) in [5.74, 6) is -0.0143. The predicted molar refractivity (Wildman–Crippen MR) is 147 cm³/mol. The summed E-state index contributed by atoms with van der Waals surface area (Å²) in [6.07, 6.45) is 0. The third-order valence-corrected chi connectivity index (χ3v) is 7.25. The van der Waals surface area contributed by atoms with Gasteiger partial charge in [-0.1, -0.05) is 48.5 Å². The van der Waals surface area contributed by atoms with E-state index >= 15 is 0 Å². The Balaban J connectivity index is 1.18. The molecular formula is C31H30FN3O3. The third-order valence-electron chi connectivity index (χ3n) is 7.25. The van der Waals surface area contributed by atoms with Crippen molar-refractivity contribution in [2.24, 2.45) is 0 Å². The van der Waals surface area contributed by atoms with Crippen molar-refractivity contribution in [1.82, 2.24) is 4.90 Å². The molecule has 2 aliphatic heterocycles. The fraction of sp³-hybridized carbons (Fsp3) is 0.258. The summed E-state index contributed by atoms with van der Waals surface area (Å²) in [5.41, 5.74) is 4.08. The van der Waals surface area contributed by atoms with Gasteiger partial charge in [-0.05, 0) is 41.5 Å². The molecule has 1 fully saturated rings. The second kappa shape index (κ2) is 10.8. The minimum Gasteiger partial charge on any atom is -0.492 e. The van der Waals surface area contributed by atoms with Crippen molar-refractivity contribution in [3.63, 3.8) is 0 Å². The Hall–Kier alpha value is -3.94. The van der Waals surface area contributed by atoms with Crippen molar-refractivity contribution in [3.8, 4) is 5.75 Å². The molecule has 6 rings (SSSR count). The van der Waals surface area contributed by atoms with Gasteiger partial charge in [0.2, 0.25) is 0 Å². The maximum absolute atomic E-state index is 14.6. The van der Waals surface area contributed by atoms with Crippen molar-refractivity contribution < 1.29 is 18.7 Å². The van der Waals surface area contributed by atoms with E-state index in [4.69, 9.17) is 9.47 Å². The number of ether oxygens (including phenoxy) is 2. The monoisotopic (exact) mass is 511 g/mol. The minimum absolute atomic E-state index is 0.283. The number of rotatable bonds is 7. The Morgan fingerprint density at radius 1 is 0.895 bits per heavy atom. The van der Waals surface area contributed by atoms with Crippen LogP contribution in [0.5, 0.6) is 5.75 Å². The van der Waals surface area contributed by atoms with Gasteiger partial charge in [0.1, 0.15) is 18.2 Å². The van der Waals surface area contributed by atoms with Gasteiger partial charge in [0.25, 0.3) is 5.91 Å². The van der Waals surface area contributed by atoms with Crippen LogP contribution in [0.25, 0.3) is 10.8 Å². The molecule has 6 nitrogen and oxygen atoms in total. The van der Waals surface area contributed by atoms with Crippen LogP contribution in [-0.4, -0.2) is 50.3 Å². The van der Waals surface area contributed by atoms with Crippen LogP contribution in [0.1, 0.15) is 21.5 Å². The number of nitrogens with one attached hydrogen (secondary N) is 1. The molecule has 0 radical (unpaired) electrons. The quantitative estimate of drug-likeness (QED) is 0.357. The summed E-state index contributed by atoms with van der Waals surface area (Å²) >= 11 is 0. The number of nitrogens with zero attached hydrogens (tertiary/aromatic N) is 2. The van der Waals surface area contributed by atoms with Gasteiger partial charge in [-0.3, -0.25) is 9.69 Å². The molecule has 1 saturated heterocycles. The maximum Gasteiger partial charge on any atom is 0.255 e. The molecule has 0 atom stereocenters. The lowest BCUT2D eigenvalue weighted by Gasteiger charge is -2.26. The Labute approximate surface area is 221 Å². The lowest BCUT2D eigenvalue weighted by atomic mass is 10.1. The van der Waals surface area contributed by atoms with Gasteiger partial charge in [0.15, 0.2) is 0 Å². The molecular weight excluding hydrogens is 481 g/mol. The molecule has 7 heteroatoms. The number of benzene rings is 4. The highest BCUT2D eigenvalue weighted by Crippen LogP contribution is 2.33. The number of anilines is 2. The fourth-order valence-electron chi connectivity index (χ4n) is 5.21. The van der Waals surface area contributed by atoms with Crippen LogP contribution in [0.15, 0.2) is 78.9 Å². The molecule has 38 heavy (non-hydrogen) atoms. The molecule has 1 amide bonds. The Bertz CT molecular complexity index is 1440. The number of fused-ring (bicyclic) bond motifs is 2. The number of carbonyl (C=O) groups excluding carboxylic acids is 1. The molecule has 4 aromatic carbocycles. The van der Waals surface area contributed by atoms with Crippen LogP contribution < -0.4 is 15.0 Å².